The summed E-state index contributed by atoms with van der Waals surface area (Å²) in [5.41, 5.74) is 0.198. The molecule has 120 valence electrons. The molecule has 1 aromatic rings. The van der Waals surface area contributed by atoms with Gasteiger partial charge in [0.25, 0.3) is 5.91 Å². The molecule has 0 unspecified atom stereocenters. The van der Waals surface area contributed by atoms with Crippen molar-refractivity contribution in [2.24, 2.45) is 0 Å². The molecule has 0 spiro atoms. The van der Waals surface area contributed by atoms with E-state index < -0.39 is 11.8 Å². The van der Waals surface area contributed by atoms with Gasteiger partial charge in [0.05, 0.1) is 17.0 Å². The van der Waals surface area contributed by atoms with Crippen molar-refractivity contribution in [2.75, 3.05) is 19.7 Å². The maximum absolute atomic E-state index is 13.6. The second-order valence-electron chi connectivity index (χ2n) is 5.16. The van der Waals surface area contributed by atoms with Crippen LogP contribution in [0.25, 0.3) is 0 Å². The van der Waals surface area contributed by atoms with Gasteiger partial charge in [-0.1, -0.05) is 0 Å². The molecule has 0 aromatic heterocycles. The number of carboxylic acids is 1. The molecule has 1 aliphatic rings. The lowest BCUT2D eigenvalue weighted by Crippen LogP contribution is -2.38. The number of nitrogens with zero attached hydrogens (tertiary/aromatic N) is 1. The summed E-state index contributed by atoms with van der Waals surface area (Å²) in [7, 11) is 0. The molecular weight excluding hydrogens is 357 g/mol. The number of hydrogen-bond acceptors (Lipinski definition) is 3. The predicted molar refractivity (Wildman–Crippen MR) is 81.2 cm³/mol. The molecule has 1 amide bonds. The number of carbonyl (C=O) groups excluding carboxylic acids is 1. The molecule has 1 atom stereocenters. The van der Waals surface area contributed by atoms with Crippen molar-refractivity contribution in [1.29, 1.82) is 0 Å². The van der Waals surface area contributed by atoms with Gasteiger partial charge < -0.3 is 14.7 Å². The van der Waals surface area contributed by atoms with E-state index in [9.17, 15) is 14.0 Å². The van der Waals surface area contributed by atoms with E-state index in [0.29, 0.717) is 13.2 Å². The molecule has 7 heteroatoms. The average molecular weight is 374 g/mol. The minimum Gasteiger partial charge on any atom is -0.481 e. The summed E-state index contributed by atoms with van der Waals surface area (Å²) in [6.07, 6.45) is 1.53. The SMILES string of the molecule is O=C(O)CCN(C[C@@H]1CCCO1)C(=O)c1ccc(Br)c(F)c1. The van der Waals surface area contributed by atoms with Crippen molar-refractivity contribution in [3.05, 3.63) is 34.1 Å². The first kappa shape index (κ1) is 16.9. The van der Waals surface area contributed by atoms with E-state index >= 15 is 0 Å². The maximum atomic E-state index is 13.6. The van der Waals surface area contributed by atoms with Crippen LogP contribution < -0.4 is 0 Å². The Morgan fingerprint density at radius 3 is 2.82 bits per heavy atom. The molecule has 1 N–H and O–H groups in total. The first-order valence-electron chi connectivity index (χ1n) is 7.05. The van der Waals surface area contributed by atoms with Crippen LogP contribution in [0.4, 0.5) is 4.39 Å². The van der Waals surface area contributed by atoms with Crippen LogP contribution in [0.2, 0.25) is 0 Å². The Labute approximate surface area is 136 Å². The van der Waals surface area contributed by atoms with Crippen LogP contribution in [0.1, 0.15) is 29.6 Å². The third-order valence-corrected chi connectivity index (χ3v) is 4.14. The highest BCUT2D eigenvalue weighted by Crippen LogP contribution is 2.19. The minimum absolute atomic E-state index is 0.0751. The Morgan fingerprint density at radius 1 is 1.45 bits per heavy atom. The van der Waals surface area contributed by atoms with E-state index in [0.717, 1.165) is 18.9 Å². The monoisotopic (exact) mass is 373 g/mol. The van der Waals surface area contributed by atoms with Crippen molar-refractivity contribution in [1.82, 2.24) is 4.90 Å². The maximum Gasteiger partial charge on any atom is 0.305 e. The van der Waals surface area contributed by atoms with E-state index in [1.54, 1.807) is 0 Å². The second-order valence-corrected chi connectivity index (χ2v) is 6.01. The molecule has 0 saturated carbocycles. The van der Waals surface area contributed by atoms with Crippen LogP contribution in [0.15, 0.2) is 22.7 Å². The van der Waals surface area contributed by atoms with Gasteiger partial charge in [-0.25, -0.2) is 4.39 Å². The Bertz CT molecular complexity index is 560. The van der Waals surface area contributed by atoms with Crippen molar-refractivity contribution < 1.29 is 23.8 Å². The summed E-state index contributed by atoms with van der Waals surface area (Å²) in [6, 6.07) is 4.12. The van der Waals surface area contributed by atoms with E-state index in [2.05, 4.69) is 15.9 Å². The number of amides is 1. The fraction of sp³-hybridized carbons (Fsp3) is 0.467. The number of carboxylic acid groups (broad SMARTS) is 1. The topological polar surface area (TPSA) is 66.8 Å². The minimum atomic E-state index is -0.980. The van der Waals surface area contributed by atoms with Crippen molar-refractivity contribution in [2.45, 2.75) is 25.4 Å². The highest BCUT2D eigenvalue weighted by atomic mass is 79.9. The third-order valence-electron chi connectivity index (χ3n) is 3.50. The lowest BCUT2D eigenvalue weighted by Gasteiger charge is -2.25. The van der Waals surface area contributed by atoms with Crippen LogP contribution in [0.5, 0.6) is 0 Å². The number of ether oxygens (including phenoxy) is 1. The molecule has 2 rings (SSSR count). The largest absolute Gasteiger partial charge is 0.481 e. The average Bonchev–Trinajstić information content (AvgIpc) is 2.98. The zero-order chi connectivity index (χ0) is 16.1. The third kappa shape index (κ3) is 4.51. The summed E-state index contributed by atoms with van der Waals surface area (Å²) in [4.78, 5) is 24.7. The fourth-order valence-corrected chi connectivity index (χ4v) is 2.60. The summed E-state index contributed by atoms with van der Waals surface area (Å²) < 4.78 is 19.4. The first-order chi connectivity index (χ1) is 10.5. The normalized spacial score (nSPS) is 17.5. The Hall–Kier alpha value is -1.47. The number of hydrogen-bond donors (Lipinski definition) is 1. The lowest BCUT2D eigenvalue weighted by atomic mass is 10.1. The summed E-state index contributed by atoms with van der Waals surface area (Å²) in [5.74, 6) is -1.89. The standard InChI is InChI=1S/C15H17BrFNO4/c16-12-4-3-10(8-13(12)17)15(21)18(6-5-14(19)20)9-11-2-1-7-22-11/h3-4,8,11H,1-2,5-7,9H2,(H,19,20)/t11-/m0/s1. The highest BCUT2D eigenvalue weighted by Gasteiger charge is 2.24. The highest BCUT2D eigenvalue weighted by molar-refractivity contribution is 9.10. The Balaban J connectivity index is 2.12. The summed E-state index contributed by atoms with van der Waals surface area (Å²) in [6.45, 7) is 1.05. The molecule has 0 bridgehead atoms. The molecule has 22 heavy (non-hydrogen) atoms. The van der Waals surface area contributed by atoms with Crippen LogP contribution in [-0.4, -0.2) is 47.7 Å². The van der Waals surface area contributed by atoms with Crippen LogP contribution in [-0.2, 0) is 9.53 Å². The van der Waals surface area contributed by atoms with Gasteiger partial charge in [0.1, 0.15) is 5.82 Å². The Morgan fingerprint density at radius 2 is 2.23 bits per heavy atom. The number of aliphatic carboxylic acids is 1. The molecule has 5 nitrogen and oxygen atoms in total. The summed E-state index contributed by atoms with van der Waals surface area (Å²) in [5, 5.41) is 8.82. The number of carbonyl (C=O) groups is 2. The van der Waals surface area contributed by atoms with Gasteiger partial charge in [-0.3, -0.25) is 9.59 Å². The lowest BCUT2D eigenvalue weighted by molar-refractivity contribution is -0.137. The Kier molecular flexibility index (Phi) is 5.90. The second kappa shape index (κ2) is 7.69. The van der Waals surface area contributed by atoms with E-state index in [-0.39, 0.29) is 35.0 Å². The van der Waals surface area contributed by atoms with E-state index in [1.165, 1.54) is 17.0 Å². The van der Waals surface area contributed by atoms with Gasteiger partial charge in [-0.05, 0) is 47.0 Å². The van der Waals surface area contributed by atoms with Gasteiger partial charge in [0.15, 0.2) is 0 Å². The van der Waals surface area contributed by atoms with Gasteiger partial charge in [-0.15, -0.1) is 0 Å². The fourth-order valence-electron chi connectivity index (χ4n) is 2.35. The van der Waals surface area contributed by atoms with Crippen LogP contribution in [0.3, 0.4) is 0 Å². The smallest absolute Gasteiger partial charge is 0.305 e. The van der Waals surface area contributed by atoms with Gasteiger partial charge in [0.2, 0.25) is 0 Å². The van der Waals surface area contributed by atoms with E-state index in [1.807, 2.05) is 0 Å². The molecule has 0 radical (unpaired) electrons. The van der Waals surface area contributed by atoms with Crippen molar-refractivity contribution in [3.8, 4) is 0 Å². The van der Waals surface area contributed by atoms with Crippen LogP contribution >= 0.6 is 15.9 Å². The molecule has 0 aliphatic carbocycles. The molecular formula is C15H17BrFNO4. The predicted octanol–water partition coefficient (Wildman–Crippen LogP) is 2.68. The van der Waals surface area contributed by atoms with Crippen LogP contribution in [0, 0.1) is 5.82 Å². The zero-order valence-corrected chi connectivity index (χ0v) is 13.5. The van der Waals surface area contributed by atoms with Gasteiger partial charge >= 0.3 is 5.97 Å². The quantitative estimate of drug-likeness (QED) is 0.832. The molecule has 1 saturated heterocycles. The number of benzene rings is 1. The zero-order valence-electron chi connectivity index (χ0n) is 11.9. The molecule has 1 fully saturated rings. The number of rotatable bonds is 6. The summed E-state index contributed by atoms with van der Waals surface area (Å²) >= 11 is 3.04. The molecule has 1 aromatic carbocycles. The number of halogens is 2. The molecule has 1 aliphatic heterocycles. The van der Waals surface area contributed by atoms with Gasteiger partial charge in [0, 0.05) is 25.3 Å². The first-order valence-corrected chi connectivity index (χ1v) is 7.84. The van der Waals surface area contributed by atoms with Crippen molar-refractivity contribution >= 4 is 27.8 Å². The molecule has 1 heterocycles. The van der Waals surface area contributed by atoms with Gasteiger partial charge in [-0.2, -0.15) is 0 Å². The van der Waals surface area contributed by atoms with E-state index in [4.69, 9.17) is 9.84 Å². The van der Waals surface area contributed by atoms with Crippen molar-refractivity contribution in [3.63, 3.8) is 0 Å².